The average Bonchev–Trinajstić information content (AvgIpc) is 3.32. The molecule has 0 amide bonds. The molecule has 4 saturated carbocycles. The maximum Gasteiger partial charge on any atom is 0.0719 e. The Bertz CT molecular complexity index is 1720. The van der Waals surface area contributed by atoms with E-state index in [0.29, 0.717) is 5.41 Å². The minimum Gasteiger partial charge on any atom is -0.0622 e. The Hall–Kier alpha value is -3.90. The summed E-state index contributed by atoms with van der Waals surface area (Å²) in [5, 5.41) is 0. The highest BCUT2D eigenvalue weighted by atomic mass is 14.6. The number of fused-ring (bicyclic) bond motifs is 3. The maximum absolute atomic E-state index is 2.52. The molecule has 0 saturated heterocycles. The van der Waals surface area contributed by atoms with Gasteiger partial charge in [0.1, 0.15) is 0 Å². The lowest BCUT2D eigenvalue weighted by Crippen LogP contribution is -2.48. The zero-order valence-corrected chi connectivity index (χ0v) is 24.5. The topological polar surface area (TPSA) is 0 Å². The first-order valence-corrected chi connectivity index (χ1v) is 16.1. The summed E-state index contributed by atoms with van der Waals surface area (Å²) in [6, 6.07) is 46.4. The van der Waals surface area contributed by atoms with Crippen molar-refractivity contribution < 1.29 is 0 Å². The predicted molar refractivity (Wildman–Crippen MR) is 174 cm³/mol. The molecule has 0 heteroatoms. The van der Waals surface area contributed by atoms with Gasteiger partial charge in [-0.15, -0.1) is 0 Å². The Morgan fingerprint density at radius 3 is 1.62 bits per heavy atom. The molecule has 0 radical (unpaired) electrons. The average molecular weight is 543 g/mol. The van der Waals surface area contributed by atoms with Crippen LogP contribution in [0.15, 0.2) is 121 Å². The maximum atomic E-state index is 2.52. The van der Waals surface area contributed by atoms with Crippen LogP contribution >= 0.6 is 0 Å². The largest absolute Gasteiger partial charge is 0.0719 e. The second kappa shape index (κ2) is 9.05. The van der Waals surface area contributed by atoms with E-state index in [9.17, 15) is 0 Å². The molecule has 0 atom stereocenters. The summed E-state index contributed by atoms with van der Waals surface area (Å²) < 4.78 is 0. The third kappa shape index (κ3) is 3.42. The first-order chi connectivity index (χ1) is 20.6. The molecular weight excluding hydrogens is 504 g/mol. The second-order valence-electron chi connectivity index (χ2n) is 14.0. The van der Waals surface area contributed by atoms with Gasteiger partial charge in [-0.3, -0.25) is 0 Å². The van der Waals surface area contributed by atoms with Crippen LogP contribution in [-0.2, 0) is 10.8 Å². The van der Waals surface area contributed by atoms with E-state index in [1.165, 1.54) is 88.6 Å². The van der Waals surface area contributed by atoms with E-state index in [2.05, 4.69) is 128 Å². The van der Waals surface area contributed by atoms with E-state index in [0.717, 1.165) is 17.8 Å². The van der Waals surface area contributed by atoms with Gasteiger partial charge in [0.15, 0.2) is 0 Å². The molecule has 0 spiro atoms. The second-order valence-corrected chi connectivity index (χ2v) is 14.0. The number of benzene rings is 5. The van der Waals surface area contributed by atoms with Gasteiger partial charge in [0.05, 0.1) is 5.41 Å². The van der Waals surface area contributed by atoms with Gasteiger partial charge < -0.3 is 0 Å². The smallest absolute Gasteiger partial charge is 0.0622 e. The summed E-state index contributed by atoms with van der Waals surface area (Å²) in [5.74, 6) is 2.89. The summed E-state index contributed by atoms with van der Waals surface area (Å²) in [7, 11) is 0. The molecule has 5 aliphatic rings. The van der Waals surface area contributed by atoms with Gasteiger partial charge in [0, 0.05) is 0 Å². The Balaban J connectivity index is 1.27. The van der Waals surface area contributed by atoms with Crippen molar-refractivity contribution in [2.24, 2.45) is 17.8 Å². The van der Waals surface area contributed by atoms with Crippen molar-refractivity contribution in [1.82, 2.24) is 0 Å². The van der Waals surface area contributed by atoms with Gasteiger partial charge in [-0.05, 0) is 124 Å². The van der Waals surface area contributed by atoms with Crippen LogP contribution in [0.25, 0.3) is 22.3 Å². The standard InChI is InChI=1S/C42H38/c1-28-20-37(32-16-18-33(19-17-32)41-25-29-22-30(26-41)24-31(23-29)27-41)40-38(21-28)36-14-8-9-15-39(36)42(40,34-10-4-2-5-11-34)35-12-6-3-7-13-35/h2-21,29-31H,22-27H2,1H3. The molecule has 4 fully saturated rings. The number of aryl methyl sites for hydroxylation is 1. The quantitative estimate of drug-likeness (QED) is 0.208. The number of hydrogen-bond donors (Lipinski definition) is 0. The molecule has 5 aromatic carbocycles. The minimum absolute atomic E-state index is 0.379. The highest BCUT2D eigenvalue weighted by molar-refractivity contribution is 5.93. The first kappa shape index (κ1) is 24.7. The van der Waals surface area contributed by atoms with Gasteiger partial charge in [-0.1, -0.05) is 121 Å². The molecule has 0 heterocycles. The highest BCUT2D eigenvalue weighted by Gasteiger charge is 2.52. The van der Waals surface area contributed by atoms with Crippen molar-refractivity contribution >= 4 is 0 Å². The highest BCUT2D eigenvalue weighted by Crippen LogP contribution is 2.62. The van der Waals surface area contributed by atoms with Gasteiger partial charge in [-0.2, -0.15) is 0 Å². The summed E-state index contributed by atoms with van der Waals surface area (Å²) >= 11 is 0. The van der Waals surface area contributed by atoms with E-state index < -0.39 is 0 Å². The van der Waals surface area contributed by atoms with Crippen LogP contribution in [0, 0.1) is 24.7 Å². The summed E-state index contributed by atoms with van der Waals surface area (Å²) in [4.78, 5) is 0. The fraction of sp³-hybridized carbons (Fsp3) is 0.286. The Kier molecular flexibility index (Phi) is 5.32. The zero-order chi connectivity index (χ0) is 27.9. The molecular formula is C42H38. The van der Waals surface area contributed by atoms with Crippen LogP contribution in [0.2, 0.25) is 0 Å². The van der Waals surface area contributed by atoms with E-state index >= 15 is 0 Å². The van der Waals surface area contributed by atoms with Gasteiger partial charge in [0.2, 0.25) is 0 Å². The van der Waals surface area contributed by atoms with Crippen LogP contribution < -0.4 is 0 Å². The van der Waals surface area contributed by atoms with Gasteiger partial charge in [-0.25, -0.2) is 0 Å². The number of rotatable bonds is 4. The molecule has 42 heavy (non-hydrogen) atoms. The van der Waals surface area contributed by atoms with Crippen molar-refractivity contribution in [2.75, 3.05) is 0 Å². The number of hydrogen-bond acceptors (Lipinski definition) is 0. The van der Waals surface area contributed by atoms with Crippen LogP contribution in [0.5, 0.6) is 0 Å². The SMILES string of the molecule is Cc1cc(-c2ccc(C34CC5CC(CC(C5)C3)C4)cc2)c2c(c1)-c1ccccc1C2(c1ccccc1)c1ccccc1. The van der Waals surface area contributed by atoms with Crippen LogP contribution in [0.4, 0.5) is 0 Å². The van der Waals surface area contributed by atoms with Crippen molar-refractivity contribution in [2.45, 2.75) is 56.3 Å². The van der Waals surface area contributed by atoms with E-state index in [4.69, 9.17) is 0 Å². The molecule has 206 valence electrons. The van der Waals surface area contributed by atoms with Crippen LogP contribution in [0.3, 0.4) is 0 Å². The lowest BCUT2D eigenvalue weighted by molar-refractivity contribution is -0.00518. The van der Waals surface area contributed by atoms with Crippen LogP contribution in [-0.4, -0.2) is 0 Å². The lowest BCUT2D eigenvalue weighted by atomic mass is 9.48. The third-order valence-electron chi connectivity index (χ3n) is 11.5. The molecule has 5 aliphatic carbocycles. The molecule has 4 bridgehead atoms. The molecule has 0 aromatic heterocycles. The zero-order valence-electron chi connectivity index (χ0n) is 24.5. The van der Waals surface area contributed by atoms with Crippen molar-refractivity contribution in [3.05, 3.63) is 155 Å². The lowest BCUT2D eigenvalue weighted by Gasteiger charge is -2.57. The van der Waals surface area contributed by atoms with E-state index in [1.807, 2.05) is 0 Å². The molecule has 0 N–H and O–H groups in total. The molecule has 5 aromatic rings. The monoisotopic (exact) mass is 542 g/mol. The van der Waals surface area contributed by atoms with Gasteiger partial charge >= 0.3 is 0 Å². The van der Waals surface area contributed by atoms with Crippen molar-refractivity contribution in [3.63, 3.8) is 0 Å². The molecule has 10 rings (SSSR count). The van der Waals surface area contributed by atoms with Crippen molar-refractivity contribution in [1.29, 1.82) is 0 Å². The predicted octanol–water partition coefficient (Wildman–Crippen LogP) is 10.5. The van der Waals surface area contributed by atoms with E-state index in [-0.39, 0.29) is 5.41 Å². The summed E-state index contributed by atoms with van der Waals surface area (Å²) in [6.07, 6.45) is 8.73. The first-order valence-electron chi connectivity index (χ1n) is 16.1. The Labute approximate surface area is 250 Å². The molecule has 0 aliphatic heterocycles. The van der Waals surface area contributed by atoms with Crippen LogP contribution in [0.1, 0.15) is 71.9 Å². The Morgan fingerprint density at radius 2 is 1.02 bits per heavy atom. The summed E-state index contributed by atoms with van der Waals surface area (Å²) in [6.45, 7) is 2.27. The molecule has 0 unspecified atom stereocenters. The summed E-state index contributed by atoms with van der Waals surface area (Å²) in [5.41, 5.74) is 13.9. The Morgan fingerprint density at radius 1 is 0.500 bits per heavy atom. The normalized spacial score (nSPS) is 26.2. The third-order valence-corrected chi connectivity index (χ3v) is 11.5. The van der Waals surface area contributed by atoms with Gasteiger partial charge in [0.25, 0.3) is 0 Å². The fourth-order valence-electron chi connectivity index (χ4n) is 10.4. The fourth-order valence-corrected chi connectivity index (χ4v) is 10.4. The minimum atomic E-state index is -0.379. The molecule has 0 nitrogen and oxygen atoms in total. The van der Waals surface area contributed by atoms with E-state index in [1.54, 1.807) is 5.56 Å². The van der Waals surface area contributed by atoms with Crippen molar-refractivity contribution in [3.8, 4) is 22.3 Å².